The van der Waals surface area contributed by atoms with Gasteiger partial charge in [-0.2, -0.15) is 4.31 Å². The number of rotatable bonds is 6. The smallest absolute Gasteiger partial charge is 0.306 e. The third-order valence-electron chi connectivity index (χ3n) is 2.60. The predicted molar refractivity (Wildman–Crippen MR) is 75.2 cm³/mol. The first kappa shape index (κ1) is 16.1. The van der Waals surface area contributed by atoms with Crippen molar-refractivity contribution in [2.75, 3.05) is 20.2 Å². The van der Waals surface area contributed by atoms with E-state index in [-0.39, 0.29) is 17.9 Å². The minimum absolute atomic E-state index is 0.0418. The lowest BCUT2D eigenvalue weighted by Gasteiger charge is -2.19. The van der Waals surface area contributed by atoms with Gasteiger partial charge in [-0.05, 0) is 24.3 Å². The second-order valence-corrected chi connectivity index (χ2v) is 6.63. The average Bonchev–Trinajstić information content (AvgIpc) is 2.39. The van der Waals surface area contributed by atoms with E-state index in [2.05, 4.69) is 20.7 Å². The number of methoxy groups -OCH3 is 1. The maximum Gasteiger partial charge on any atom is 0.306 e. The number of ether oxygens (including phenoxy) is 1. The molecule has 0 bridgehead atoms. The van der Waals surface area contributed by atoms with Crippen LogP contribution in [0.15, 0.2) is 33.6 Å². The van der Waals surface area contributed by atoms with E-state index >= 15 is 0 Å². The Labute approximate surface area is 121 Å². The van der Waals surface area contributed by atoms with Crippen LogP contribution < -0.4 is 0 Å². The Bertz CT molecular complexity index is 527. The standard InChI is InChI=1S/C12H16BrNO4S/c1-3-14(9-8-12(15)18-2)19(16,17)11-6-4-10(13)5-7-11/h4-7H,3,8-9H2,1-2H3. The summed E-state index contributed by atoms with van der Waals surface area (Å²) >= 11 is 3.26. The van der Waals surface area contributed by atoms with Crippen LogP contribution in [0.25, 0.3) is 0 Å². The fourth-order valence-corrected chi connectivity index (χ4v) is 3.24. The van der Waals surface area contributed by atoms with Gasteiger partial charge in [0.25, 0.3) is 0 Å². The van der Waals surface area contributed by atoms with Crippen molar-refractivity contribution in [1.82, 2.24) is 4.31 Å². The molecule has 0 spiro atoms. The topological polar surface area (TPSA) is 63.7 Å². The Kier molecular flexibility index (Phi) is 5.96. The molecule has 106 valence electrons. The van der Waals surface area contributed by atoms with Gasteiger partial charge < -0.3 is 4.74 Å². The highest BCUT2D eigenvalue weighted by Gasteiger charge is 2.23. The van der Waals surface area contributed by atoms with E-state index < -0.39 is 16.0 Å². The van der Waals surface area contributed by atoms with Gasteiger partial charge in [-0.25, -0.2) is 8.42 Å². The van der Waals surface area contributed by atoms with Crippen molar-refractivity contribution in [3.63, 3.8) is 0 Å². The molecule has 0 unspecified atom stereocenters. The number of carbonyl (C=O) groups excluding carboxylic acids is 1. The molecule has 0 amide bonds. The van der Waals surface area contributed by atoms with E-state index in [0.717, 1.165) is 4.47 Å². The van der Waals surface area contributed by atoms with Crippen LogP contribution in [0.1, 0.15) is 13.3 Å². The molecule has 0 heterocycles. The van der Waals surface area contributed by atoms with Gasteiger partial charge in [0, 0.05) is 17.6 Å². The van der Waals surface area contributed by atoms with Crippen molar-refractivity contribution in [3.05, 3.63) is 28.7 Å². The maximum absolute atomic E-state index is 12.3. The molecule has 0 fully saturated rings. The Balaban J connectivity index is 2.89. The zero-order valence-electron chi connectivity index (χ0n) is 10.8. The summed E-state index contributed by atoms with van der Waals surface area (Å²) in [6.45, 7) is 2.14. The van der Waals surface area contributed by atoms with Gasteiger partial charge in [-0.1, -0.05) is 22.9 Å². The van der Waals surface area contributed by atoms with Gasteiger partial charge in [0.1, 0.15) is 0 Å². The highest BCUT2D eigenvalue weighted by molar-refractivity contribution is 9.10. The molecule has 0 radical (unpaired) electrons. The Morgan fingerprint density at radius 2 is 1.89 bits per heavy atom. The number of hydrogen-bond acceptors (Lipinski definition) is 4. The average molecular weight is 350 g/mol. The van der Waals surface area contributed by atoms with E-state index in [1.54, 1.807) is 19.1 Å². The number of halogens is 1. The first-order valence-electron chi connectivity index (χ1n) is 5.74. The number of sulfonamides is 1. The second-order valence-electron chi connectivity index (χ2n) is 3.78. The van der Waals surface area contributed by atoms with Crippen molar-refractivity contribution in [2.45, 2.75) is 18.2 Å². The van der Waals surface area contributed by atoms with E-state index in [1.165, 1.54) is 23.5 Å². The van der Waals surface area contributed by atoms with E-state index in [4.69, 9.17) is 0 Å². The fourth-order valence-electron chi connectivity index (χ4n) is 1.52. The quantitative estimate of drug-likeness (QED) is 0.737. The molecule has 0 aliphatic carbocycles. The summed E-state index contributed by atoms with van der Waals surface area (Å²) in [6, 6.07) is 6.39. The minimum Gasteiger partial charge on any atom is -0.469 e. The van der Waals surface area contributed by atoms with E-state index in [0.29, 0.717) is 6.54 Å². The normalized spacial score (nSPS) is 11.6. The molecule has 0 aliphatic rings. The Hall–Kier alpha value is -0.920. The largest absolute Gasteiger partial charge is 0.469 e. The molecule has 1 aromatic rings. The van der Waals surface area contributed by atoms with Gasteiger partial charge >= 0.3 is 5.97 Å². The van der Waals surface area contributed by atoms with E-state index in [9.17, 15) is 13.2 Å². The monoisotopic (exact) mass is 349 g/mol. The summed E-state index contributed by atoms with van der Waals surface area (Å²) in [6.07, 6.45) is 0.0418. The van der Waals surface area contributed by atoms with Gasteiger partial charge in [0.05, 0.1) is 18.4 Å². The highest BCUT2D eigenvalue weighted by atomic mass is 79.9. The van der Waals surface area contributed by atoms with Crippen molar-refractivity contribution in [3.8, 4) is 0 Å². The zero-order chi connectivity index (χ0) is 14.5. The van der Waals surface area contributed by atoms with Crippen LogP contribution in [0.5, 0.6) is 0 Å². The SMILES string of the molecule is CCN(CCC(=O)OC)S(=O)(=O)c1ccc(Br)cc1. The summed E-state index contributed by atoms with van der Waals surface area (Å²) in [7, 11) is -2.29. The van der Waals surface area contributed by atoms with Crippen molar-refractivity contribution >= 4 is 31.9 Å². The minimum atomic E-state index is -3.57. The van der Waals surface area contributed by atoms with Crippen LogP contribution in [0.3, 0.4) is 0 Å². The van der Waals surface area contributed by atoms with Crippen molar-refractivity contribution in [2.24, 2.45) is 0 Å². The molecule has 1 rings (SSSR count). The molecule has 0 atom stereocenters. The van der Waals surface area contributed by atoms with Gasteiger partial charge in [-0.3, -0.25) is 4.79 Å². The summed E-state index contributed by atoms with van der Waals surface area (Å²) < 4.78 is 31.2. The summed E-state index contributed by atoms with van der Waals surface area (Å²) in [5.74, 6) is -0.426. The van der Waals surface area contributed by atoms with Gasteiger partial charge in [0.15, 0.2) is 0 Å². The Morgan fingerprint density at radius 1 is 1.32 bits per heavy atom. The number of carbonyl (C=O) groups is 1. The number of benzene rings is 1. The Morgan fingerprint density at radius 3 is 2.37 bits per heavy atom. The molecule has 1 aromatic carbocycles. The molecule has 0 saturated heterocycles. The lowest BCUT2D eigenvalue weighted by atomic mass is 10.4. The van der Waals surface area contributed by atoms with Crippen LogP contribution in [0.2, 0.25) is 0 Å². The van der Waals surface area contributed by atoms with Crippen LogP contribution in [0.4, 0.5) is 0 Å². The molecule has 0 saturated carbocycles. The summed E-state index contributed by atoms with van der Waals surface area (Å²) in [5, 5.41) is 0. The van der Waals surface area contributed by atoms with Crippen LogP contribution in [-0.4, -0.2) is 38.9 Å². The lowest BCUT2D eigenvalue weighted by Crippen LogP contribution is -2.33. The van der Waals surface area contributed by atoms with Crippen molar-refractivity contribution in [1.29, 1.82) is 0 Å². The molecule has 0 N–H and O–H groups in total. The molecule has 0 aromatic heterocycles. The van der Waals surface area contributed by atoms with Gasteiger partial charge in [0.2, 0.25) is 10.0 Å². The number of hydrogen-bond donors (Lipinski definition) is 0. The van der Waals surface area contributed by atoms with Crippen LogP contribution in [0, 0.1) is 0 Å². The summed E-state index contributed by atoms with van der Waals surface area (Å²) in [4.78, 5) is 11.3. The second kappa shape index (κ2) is 7.02. The molecule has 19 heavy (non-hydrogen) atoms. The van der Waals surface area contributed by atoms with Crippen LogP contribution >= 0.6 is 15.9 Å². The number of esters is 1. The zero-order valence-corrected chi connectivity index (χ0v) is 13.2. The molecule has 5 nitrogen and oxygen atoms in total. The third-order valence-corrected chi connectivity index (χ3v) is 5.11. The van der Waals surface area contributed by atoms with Crippen LogP contribution in [-0.2, 0) is 19.6 Å². The fraction of sp³-hybridized carbons (Fsp3) is 0.417. The highest BCUT2D eigenvalue weighted by Crippen LogP contribution is 2.18. The van der Waals surface area contributed by atoms with Gasteiger partial charge in [-0.15, -0.1) is 0 Å². The number of nitrogens with zero attached hydrogens (tertiary/aromatic N) is 1. The molecular formula is C12H16BrNO4S. The lowest BCUT2D eigenvalue weighted by molar-refractivity contribution is -0.140. The van der Waals surface area contributed by atoms with Crippen molar-refractivity contribution < 1.29 is 17.9 Å². The van der Waals surface area contributed by atoms with E-state index in [1.807, 2.05) is 0 Å². The predicted octanol–water partition coefficient (Wildman–Crippen LogP) is 2.02. The maximum atomic E-state index is 12.3. The molecular weight excluding hydrogens is 334 g/mol. The first-order valence-corrected chi connectivity index (χ1v) is 7.97. The first-order chi connectivity index (χ1) is 8.91. The molecule has 0 aliphatic heterocycles. The molecule has 7 heteroatoms. The third kappa shape index (κ3) is 4.29. The summed E-state index contributed by atoms with van der Waals surface area (Å²) in [5.41, 5.74) is 0.